The molecule has 7 heteroatoms. The van der Waals surface area contributed by atoms with Crippen LogP contribution in [-0.2, 0) is 13.6 Å². The standard InChI is InChI=1S/C22H27N5O2/c1-7-14(3)26-15(4)16(5)27-18-19(23-21(26)27)24(6)22(29)25(20(18)28)12-17-10-8-13(2)9-11-17/h8-11,14H,7,12H2,1-6H3/t14-/m1/s1. The van der Waals surface area contributed by atoms with Gasteiger partial charge in [-0.05, 0) is 39.7 Å². The molecule has 4 aromatic rings. The molecule has 1 atom stereocenters. The predicted molar refractivity (Wildman–Crippen MR) is 115 cm³/mol. The van der Waals surface area contributed by atoms with Gasteiger partial charge in [0.15, 0.2) is 11.2 Å². The van der Waals surface area contributed by atoms with Crippen LogP contribution >= 0.6 is 0 Å². The highest BCUT2D eigenvalue weighted by atomic mass is 16.2. The Morgan fingerprint density at radius 3 is 2.31 bits per heavy atom. The molecule has 0 saturated carbocycles. The minimum Gasteiger partial charge on any atom is -0.311 e. The van der Waals surface area contributed by atoms with Crippen molar-refractivity contribution in [1.29, 1.82) is 0 Å². The van der Waals surface area contributed by atoms with Crippen LogP contribution in [0.1, 0.15) is 48.8 Å². The highest BCUT2D eigenvalue weighted by Crippen LogP contribution is 2.25. The molecule has 0 bridgehead atoms. The SMILES string of the molecule is CC[C@@H](C)n1c(C)c(C)n2c3c(=O)n(Cc4ccc(C)cc4)c(=O)n(C)c3nc12. The van der Waals surface area contributed by atoms with Crippen molar-refractivity contribution in [3.05, 3.63) is 67.6 Å². The Morgan fingerprint density at radius 2 is 1.69 bits per heavy atom. The summed E-state index contributed by atoms with van der Waals surface area (Å²) in [5, 5.41) is 0. The first-order valence-electron chi connectivity index (χ1n) is 10.0. The number of aryl methyl sites for hydroxylation is 3. The quantitative estimate of drug-likeness (QED) is 0.535. The fourth-order valence-corrected chi connectivity index (χ4v) is 4.00. The lowest BCUT2D eigenvalue weighted by atomic mass is 10.1. The topological polar surface area (TPSA) is 66.2 Å². The summed E-state index contributed by atoms with van der Waals surface area (Å²) in [6.45, 7) is 10.6. The summed E-state index contributed by atoms with van der Waals surface area (Å²) in [4.78, 5) is 31.1. The Labute approximate surface area is 168 Å². The normalized spacial score (nSPS) is 12.9. The lowest BCUT2D eigenvalue weighted by Gasteiger charge is -2.13. The largest absolute Gasteiger partial charge is 0.332 e. The molecule has 0 spiro atoms. The molecule has 0 amide bonds. The van der Waals surface area contributed by atoms with Gasteiger partial charge in [0.2, 0.25) is 5.78 Å². The minimum atomic E-state index is -0.353. The maximum Gasteiger partial charge on any atom is 0.332 e. The molecule has 0 radical (unpaired) electrons. The highest BCUT2D eigenvalue weighted by molar-refractivity contribution is 5.76. The van der Waals surface area contributed by atoms with E-state index in [0.717, 1.165) is 28.9 Å². The molecule has 3 aromatic heterocycles. The molecule has 0 saturated heterocycles. The van der Waals surface area contributed by atoms with Crippen LogP contribution in [0.4, 0.5) is 0 Å². The van der Waals surface area contributed by atoms with Crippen LogP contribution in [0.3, 0.4) is 0 Å². The zero-order valence-electron chi connectivity index (χ0n) is 17.9. The third kappa shape index (κ3) is 2.75. The monoisotopic (exact) mass is 393 g/mol. The molecule has 4 rings (SSSR count). The van der Waals surface area contributed by atoms with Crippen LogP contribution in [0.15, 0.2) is 33.9 Å². The van der Waals surface area contributed by atoms with Crippen LogP contribution < -0.4 is 11.2 Å². The summed E-state index contributed by atoms with van der Waals surface area (Å²) in [5.74, 6) is 0.713. The molecule has 0 aliphatic heterocycles. The van der Waals surface area contributed by atoms with Gasteiger partial charge in [-0.25, -0.2) is 4.79 Å². The van der Waals surface area contributed by atoms with E-state index < -0.39 is 0 Å². The average molecular weight is 393 g/mol. The van der Waals surface area contributed by atoms with E-state index in [4.69, 9.17) is 4.98 Å². The first kappa shape index (κ1) is 19.2. The highest BCUT2D eigenvalue weighted by Gasteiger charge is 2.24. The second-order valence-electron chi connectivity index (χ2n) is 7.94. The summed E-state index contributed by atoms with van der Waals surface area (Å²) in [5.41, 5.74) is 4.34. The van der Waals surface area contributed by atoms with E-state index in [1.54, 1.807) is 7.05 Å². The van der Waals surface area contributed by atoms with E-state index in [9.17, 15) is 9.59 Å². The van der Waals surface area contributed by atoms with Gasteiger partial charge in [0.1, 0.15) is 0 Å². The van der Waals surface area contributed by atoms with Gasteiger partial charge in [-0.15, -0.1) is 0 Å². The maximum absolute atomic E-state index is 13.4. The van der Waals surface area contributed by atoms with Crippen LogP contribution in [0, 0.1) is 20.8 Å². The van der Waals surface area contributed by atoms with Crippen LogP contribution in [-0.4, -0.2) is 23.1 Å². The number of benzene rings is 1. The van der Waals surface area contributed by atoms with Gasteiger partial charge in [-0.1, -0.05) is 36.8 Å². The van der Waals surface area contributed by atoms with E-state index in [2.05, 4.69) is 25.3 Å². The number of hydrogen-bond acceptors (Lipinski definition) is 3. The molecule has 0 unspecified atom stereocenters. The van der Waals surface area contributed by atoms with Crippen molar-refractivity contribution in [2.75, 3.05) is 0 Å². The van der Waals surface area contributed by atoms with Crippen molar-refractivity contribution in [2.45, 2.75) is 53.6 Å². The maximum atomic E-state index is 13.4. The lowest BCUT2D eigenvalue weighted by molar-refractivity contribution is 0.532. The van der Waals surface area contributed by atoms with Gasteiger partial charge in [-0.3, -0.25) is 18.3 Å². The molecular formula is C22H27N5O2. The fraction of sp³-hybridized carbons (Fsp3) is 0.409. The Balaban J connectivity index is 2.05. The number of fused-ring (bicyclic) bond motifs is 3. The molecule has 152 valence electrons. The van der Waals surface area contributed by atoms with Gasteiger partial charge in [0.25, 0.3) is 5.56 Å². The van der Waals surface area contributed by atoms with Gasteiger partial charge in [0.05, 0.1) is 6.54 Å². The summed E-state index contributed by atoms with van der Waals surface area (Å²) >= 11 is 0. The van der Waals surface area contributed by atoms with Crippen molar-refractivity contribution >= 4 is 16.9 Å². The first-order valence-corrected chi connectivity index (χ1v) is 10.0. The summed E-state index contributed by atoms with van der Waals surface area (Å²) < 4.78 is 6.85. The van der Waals surface area contributed by atoms with Crippen molar-refractivity contribution in [2.24, 2.45) is 7.05 Å². The number of aromatic nitrogens is 5. The third-order valence-electron chi connectivity index (χ3n) is 6.05. The third-order valence-corrected chi connectivity index (χ3v) is 6.05. The van der Waals surface area contributed by atoms with Crippen LogP contribution in [0.5, 0.6) is 0 Å². The second-order valence-corrected chi connectivity index (χ2v) is 7.94. The van der Waals surface area contributed by atoms with Gasteiger partial charge in [0, 0.05) is 24.5 Å². The molecular weight excluding hydrogens is 366 g/mol. The summed E-state index contributed by atoms with van der Waals surface area (Å²) in [6, 6.07) is 8.12. The zero-order valence-corrected chi connectivity index (χ0v) is 17.9. The van der Waals surface area contributed by atoms with Crippen LogP contribution in [0.2, 0.25) is 0 Å². The minimum absolute atomic E-state index is 0.235. The predicted octanol–water partition coefficient (Wildman–Crippen LogP) is 3.09. The van der Waals surface area contributed by atoms with Gasteiger partial charge in [-0.2, -0.15) is 4.98 Å². The van der Waals surface area contributed by atoms with Gasteiger partial charge >= 0.3 is 5.69 Å². The van der Waals surface area contributed by atoms with Gasteiger partial charge < -0.3 is 4.57 Å². The van der Waals surface area contributed by atoms with Crippen molar-refractivity contribution in [3.8, 4) is 0 Å². The number of imidazole rings is 2. The van der Waals surface area contributed by atoms with E-state index in [1.165, 1.54) is 9.13 Å². The Hall–Kier alpha value is -3.09. The number of nitrogens with zero attached hydrogens (tertiary/aromatic N) is 5. The lowest BCUT2D eigenvalue weighted by Crippen LogP contribution is -2.39. The van der Waals surface area contributed by atoms with Crippen molar-refractivity contribution in [3.63, 3.8) is 0 Å². The molecule has 7 nitrogen and oxygen atoms in total. The molecule has 29 heavy (non-hydrogen) atoms. The molecule has 0 aliphatic carbocycles. The number of rotatable bonds is 4. The molecule has 0 fully saturated rings. The molecule has 0 N–H and O–H groups in total. The van der Waals surface area contributed by atoms with E-state index in [0.29, 0.717) is 16.9 Å². The smallest absolute Gasteiger partial charge is 0.311 e. The van der Waals surface area contributed by atoms with E-state index in [-0.39, 0.29) is 23.8 Å². The Kier molecular flexibility index (Phi) is 4.48. The zero-order chi connectivity index (χ0) is 21.0. The second kappa shape index (κ2) is 6.76. The molecule has 3 heterocycles. The van der Waals surface area contributed by atoms with E-state index in [1.807, 2.05) is 42.5 Å². The van der Waals surface area contributed by atoms with Crippen LogP contribution in [0.25, 0.3) is 16.9 Å². The summed E-state index contributed by atoms with van der Waals surface area (Å²) in [7, 11) is 1.68. The first-order chi connectivity index (χ1) is 13.8. The van der Waals surface area contributed by atoms with Crippen molar-refractivity contribution in [1.82, 2.24) is 23.1 Å². The Bertz CT molecular complexity index is 1350. The molecule has 1 aromatic carbocycles. The van der Waals surface area contributed by atoms with E-state index >= 15 is 0 Å². The summed E-state index contributed by atoms with van der Waals surface area (Å²) in [6.07, 6.45) is 0.949. The fourth-order valence-electron chi connectivity index (χ4n) is 4.00. The number of hydrogen-bond donors (Lipinski definition) is 0. The van der Waals surface area contributed by atoms with Crippen molar-refractivity contribution < 1.29 is 0 Å². The molecule has 0 aliphatic rings. The average Bonchev–Trinajstić information content (AvgIpc) is 3.20. The Morgan fingerprint density at radius 1 is 1.03 bits per heavy atom.